The minimum atomic E-state index is -0.242. The van der Waals surface area contributed by atoms with Gasteiger partial charge in [-0.1, -0.05) is 19.9 Å². The number of rotatable bonds is 4. The van der Waals surface area contributed by atoms with Crippen molar-refractivity contribution in [3.63, 3.8) is 0 Å². The zero-order valence-electron chi connectivity index (χ0n) is 10.7. The molecule has 0 radical (unpaired) electrons. The van der Waals surface area contributed by atoms with Gasteiger partial charge in [0.1, 0.15) is 18.2 Å². The molecular formula is C14H16FNOS. The summed E-state index contributed by atoms with van der Waals surface area (Å²) in [6, 6.07) is 4.89. The molecule has 1 aromatic heterocycles. The van der Waals surface area contributed by atoms with Gasteiger partial charge in [0, 0.05) is 17.4 Å². The Morgan fingerprint density at radius 1 is 1.39 bits per heavy atom. The fourth-order valence-corrected chi connectivity index (χ4v) is 2.29. The van der Waals surface area contributed by atoms with Gasteiger partial charge in [0.25, 0.3) is 0 Å². The van der Waals surface area contributed by atoms with E-state index >= 15 is 0 Å². The normalized spacial score (nSPS) is 10.9. The number of hydrogen-bond donors (Lipinski definition) is 0. The van der Waals surface area contributed by atoms with Gasteiger partial charge in [0.2, 0.25) is 0 Å². The summed E-state index contributed by atoms with van der Waals surface area (Å²) in [6.07, 6.45) is 0. The molecule has 2 aromatic rings. The summed E-state index contributed by atoms with van der Waals surface area (Å²) in [5.41, 5.74) is 1.52. The van der Waals surface area contributed by atoms with Crippen LogP contribution in [0.15, 0.2) is 23.6 Å². The molecular weight excluding hydrogens is 249 g/mol. The summed E-state index contributed by atoms with van der Waals surface area (Å²) in [4.78, 5) is 4.46. The van der Waals surface area contributed by atoms with E-state index < -0.39 is 0 Å². The van der Waals surface area contributed by atoms with E-state index in [2.05, 4.69) is 18.8 Å². The first-order valence-electron chi connectivity index (χ1n) is 5.89. The van der Waals surface area contributed by atoms with Crippen LogP contribution in [0.1, 0.15) is 36.0 Å². The topological polar surface area (TPSA) is 22.1 Å². The van der Waals surface area contributed by atoms with Crippen LogP contribution in [0.3, 0.4) is 0 Å². The Balaban J connectivity index is 2.00. The van der Waals surface area contributed by atoms with Gasteiger partial charge in [0.05, 0.1) is 10.7 Å². The molecule has 4 heteroatoms. The summed E-state index contributed by atoms with van der Waals surface area (Å²) in [6.45, 7) is 6.33. The van der Waals surface area contributed by atoms with Crippen LogP contribution in [0.2, 0.25) is 0 Å². The molecule has 0 N–H and O–H groups in total. The maximum absolute atomic E-state index is 13.3. The lowest BCUT2D eigenvalue weighted by molar-refractivity contribution is 0.300. The van der Waals surface area contributed by atoms with Crippen molar-refractivity contribution < 1.29 is 9.13 Å². The molecule has 0 aliphatic carbocycles. The van der Waals surface area contributed by atoms with Crippen molar-refractivity contribution in [1.29, 1.82) is 0 Å². The Labute approximate surface area is 110 Å². The lowest BCUT2D eigenvalue weighted by Gasteiger charge is -2.05. The van der Waals surface area contributed by atoms with Gasteiger partial charge in [-0.2, -0.15) is 0 Å². The predicted molar refractivity (Wildman–Crippen MR) is 71.7 cm³/mol. The van der Waals surface area contributed by atoms with Crippen LogP contribution in [0.5, 0.6) is 5.75 Å². The minimum Gasteiger partial charge on any atom is -0.487 e. The standard InChI is InChI=1S/C14H16FNOS/c1-9(2)14-16-11(8-18-14)7-17-12-5-4-10(3)13(15)6-12/h4-6,8-9H,7H2,1-3H3. The van der Waals surface area contributed by atoms with Crippen LogP contribution < -0.4 is 4.74 Å². The maximum Gasteiger partial charge on any atom is 0.131 e. The van der Waals surface area contributed by atoms with Crippen molar-refractivity contribution in [2.75, 3.05) is 0 Å². The Hall–Kier alpha value is -1.42. The average Bonchev–Trinajstić information content (AvgIpc) is 2.79. The smallest absolute Gasteiger partial charge is 0.131 e. The average molecular weight is 265 g/mol. The Bertz CT molecular complexity index is 536. The van der Waals surface area contributed by atoms with E-state index in [1.807, 2.05) is 5.38 Å². The molecule has 18 heavy (non-hydrogen) atoms. The molecule has 0 saturated heterocycles. The highest BCUT2D eigenvalue weighted by Gasteiger charge is 2.07. The van der Waals surface area contributed by atoms with Crippen molar-refractivity contribution in [2.45, 2.75) is 33.3 Å². The van der Waals surface area contributed by atoms with Gasteiger partial charge in [-0.15, -0.1) is 11.3 Å². The van der Waals surface area contributed by atoms with Crippen molar-refractivity contribution in [3.05, 3.63) is 45.7 Å². The molecule has 1 heterocycles. The predicted octanol–water partition coefficient (Wildman–Crippen LogP) is 4.29. The van der Waals surface area contributed by atoms with E-state index in [0.717, 1.165) is 10.7 Å². The number of aromatic nitrogens is 1. The van der Waals surface area contributed by atoms with Crippen molar-refractivity contribution in [1.82, 2.24) is 4.98 Å². The lowest BCUT2D eigenvalue weighted by Crippen LogP contribution is -1.97. The quantitative estimate of drug-likeness (QED) is 0.822. The third-order valence-electron chi connectivity index (χ3n) is 2.59. The molecule has 0 amide bonds. The van der Waals surface area contributed by atoms with E-state index in [9.17, 15) is 4.39 Å². The Kier molecular flexibility index (Phi) is 3.97. The number of benzene rings is 1. The van der Waals surface area contributed by atoms with Gasteiger partial charge in [0.15, 0.2) is 0 Å². The summed E-state index contributed by atoms with van der Waals surface area (Å²) in [5, 5.41) is 3.09. The zero-order valence-corrected chi connectivity index (χ0v) is 11.6. The first-order chi connectivity index (χ1) is 8.56. The Morgan fingerprint density at radius 2 is 2.17 bits per heavy atom. The molecule has 2 rings (SSSR count). The van der Waals surface area contributed by atoms with Crippen LogP contribution in [0, 0.1) is 12.7 Å². The van der Waals surface area contributed by atoms with Gasteiger partial charge >= 0.3 is 0 Å². The molecule has 2 nitrogen and oxygen atoms in total. The van der Waals surface area contributed by atoms with Crippen molar-refractivity contribution in [2.24, 2.45) is 0 Å². The molecule has 0 atom stereocenters. The third-order valence-corrected chi connectivity index (χ3v) is 3.79. The molecule has 0 spiro atoms. The first kappa shape index (κ1) is 13.0. The monoisotopic (exact) mass is 265 g/mol. The van der Waals surface area contributed by atoms with E-state index in [1.165, 1.54) is 6.07 Å². The highest BCUT2D eigenvalue weighted by molar-refractivity contribution is 7.09. The van der Waals surface area contributed by atoms with Crippen LogP contribution >= 0.6 is 11.3 Å². The van der Waals surface area contributed by atoms with E-state index in [-0.39, 0.29) is 5.82 Å². The molecule has 96 valence electrons. The van der Waals surface area contributed by atoms with Gasteiger partial charge in [-0.25, -0.2) is 9.37 Å². The molecule has 0 aliphatic rings. The lowest BCUT2D eigenvalue weighted by atomic mass is 10.2. The number of aryl methyl sites for hydroxylation is 1. The second-order valence-electron chi connectivity index (χ2n) is 4.53. The largest absolute Gasteiger partial charge is 0.487 e. The highest BCUT2D eigenvalue weighted by atomic mass is 32.1. The minimum absolute atomic E-state index is 0.242. The molecule has 1 aromatic carbocycles. The molecule has 0 fully saturated rings. The molecule has 0 bridgehead atoms. The van der Waals surface area contributed by atoms with Crippen molar-refractivity contribution >= 4 is 11.3 Å². The summed E-state index contributed by atoms with van der Waals surface area (Å²) >= 11 is 1.63. The molecule has 0 unspecified atom stereocenters. The second kappa shape index (κ2) is 5.48. The summed E-state index contributed by atoms with van der Waals surface area (Å²) < 4.78 is 18.8. The van der Waals surface area contributed by atoms with Gasteiger partial charge in [-0.3, -0.25) is 0 Å². The third kappa shape index (κ3) is 3.07. The van der Waals surface area contributed by atoms with E-state index in [1.54, 1.807) is 30.4 Å². The number of nitrogens with zero attached hydrogens (tertiary/aromatic N) is 1. The van der Waals surface area contributed by atoms with Crippen LogP contribution in [-0.2, 0) is 6.61 Å². The van der Waals surface area contributed by atoms with Gasteiger partial charge in [-0.05, 0) is 18.6 Å². The summed E-state index contributed by atoms with van der Waals surface area (Å²) in [5.74, 6) is 0.728. The number of thiazole rings is 1. The van der Waals surface area contributed by atoms with Crippen LogP contribution in [0.4, 0.5) is 4.39 Å². The van der Waals surface area contributed by atoms with Gasteiger partial charge < -0.3 is 4.74 Å². The second-order valence-corrected chi connectivity index (χ2v) is 5.42. The number of ether oxygens (including phenoxy) is 1. The zero-order chi connectivity index (χ0) is 13.1. The fourth-order valence-electron chi connectivity index (χ4n) is 1.47. The van der Waals surface area contributed by atoms with Crippen LogP contribution in [-0.4, -0.2) is 4.98 Å². The summed E-state index contributed by atoms with van der Waals surface area (Å²) in [7, 11) is 0. The number of hydrogen-bond acceptors (Lipinski definition) is 3. The maximum atomic E-state index is 13.3. The van der Waals surface area contributed by atoms with E-state index in [4.69, 9.17) is 4.74 Å². The first-order valence-corrected chi connectivity index (χ1v) is 6.77. The van der Waals surface area contributed by atoms with E-state index in [0.29, 0.717) is 23.8 Å². The highest BCUT2D eigenvalue weighted by Crippen LogP contribution is 2.21. The molecule has 0 aliphatic heterocycles. The van der Waals surface area contributed by atoms with Crippen molar-refractivity contribution in [3.8, 4) is 5.75 Å². The Morgan fingerprint density at radius 3 is 2.78 bits per heavy atom. The van der Waals surface area contributed by atoms with Crippen LogP contribution in [0.25, 0.3) is 0 Å². The number of halogens is 1. The fraction of sp³-hybridized carbons (Fsp3) is 0.357. The molecule has 0 saturated carbocycles. The SMILES string of the molecule is Cc1ccc(OCc2csc(C(C)C)n2)cc1F.